The Hall–Kier alpha value is -0.890. The lowest BCUT2D eigenvalue weighted by Gasteiger charge is -2.22. The van der Waals surface area contributed by atoms with E-state index in [1.54, 1.807) is 0 Å². The van der Waals surface area contributed by atoms with Gasteiger partial charge >= 0.3 is 0 Å². The Balaban J connectivity index is 0.00000187. The van der Waals surface area contributed by atoms with Crippen molar-refractivity contribution >= 4 is 5.91 Å². The van der Waals surface area contributed by atoms with E-state index < -0.39 is 42.8 Å². The first-order valence-corrected chi connectivity index (χ1v) is 15.5. The van der Waals surface area contributed by atoms with Crippen LogP contribution in [0.2, 0.25) is 0 Å². The number of nitrogens with two attached hydrogens (primary N) is 1. The number of hydrogen-bond donors (Lipinski definition) is 9. The number of unbranched alkanes of at least 4 members (excludes halogenated alkanes) is 15. The van der Waals surface area contributed by atoms with E-state index in [2.05, 4.69) is 17.0 Å². The van der Waals surface area contributed by atoms with Crippen molar-refractivity contribution in [3.63, 3.8) is 0 Å². The Kier molecular flexibility index (Phi) is 25.2. The molecular formula is C29H60N2O9. The summed E-state index contributed by atoms with van der Waals surface area (Å²) in [5.74, 6) is -0.970. The Morgan fingerprint density at radius 2 is 1.20 bits per heavy atom. The highest BCUT2D eigenvalue weighted by atomic mass is 16.6. The van der Waals surface area contributed by atoms with Crippen LogP contribution in [-0.4, -0.2) is 98.3 Å². The summed E-state index contributed by atoms with van der Waals surface area (Å²) in [6.07, 6.45) is 12.9. The molecule has 0 heterocycles. The van der Waals surface area contributed by atoms with E-state index >= 15 is 0 Å². The van der Waals surface area contributed by atoms with Gasteiger partial charge in [0, 0.05) is 12.5 Å². The lowest BCUT2D eigenvalue weighted by Crippen LogP contribution is -2.47. The SMILES string of the molecule is CCCCCCCCCCCCCCCCCCNC(=O)C(O)C(O)C(O)CCOC(N)O.OCC1C(O)C1O. The van der Waals surface area contributed by atoms with Crippen molar-refractivity contribution in [3.05, 3.63) is 0 Å². The third-order valence-corrected chi connectivity index (χ3v) is 7.32. The molecule has 1 aliphatic carbocycles. The Morgan fingerprint density at radius 1 is 0.775 bits per heavy atom. The highest BCUT2D eigenvalue weighted by Crippen LogP contribution is 2.29. The number of amides is 1. The number of aliphatic hydroxyl groups excluding tert-OH is 7. The molecule has 10 N–H and O–H groups in total. The summed E-state index contributed by atoms with van der Waals surface area (Å²) < 4.78 is 4.65. The first-order valence-electron chi connectivity index (χ1n) is 15.5. The topological polar surface area (TPSA) is 206 Å². The van der Waals surface area contributed by atoms with Crippen molar-refractivity contribution in [2.45, 2.75) is 153 Å². The fourth-order valence-corrected chi connectivity index (χ4v) is 4.39. The van der Waals surface area contributed by atoms with Gasteiger partial charge in [0.2, 0.25) is 6.41 Å². The molecule has 6 atom stereocenters. The Labute approximate surface area is 241 Å². The van der Waals surface area contributed by atoms with E-state index in [4.69, 9.17) is 26.2 Å². The summed E-state index contributed by atoms with van der Waals surface area (Å²) in [5.41, 5.74) is 4.99. The zero-order chi connectivity index (χ0) is 30.2. The highest BCUT2D eigenvalue weighted by Gasteiger charge is 2.47. The normalized spacial score (nSPS) is 21.2. The summed E-state index contributed by atoms with van der Waals surface area (Å²) in [7, 11) is 0. The van der Waals surface area contributed by atoms with E-state index in [9.17, 15) is 20.1 Å². The van der Waals surface area contributed by atoms with Crippen molar-refractivity contribution in [2.75, 3.05) is 19.8 Å². The van der Waals surface area contributed by atoms with Crippen molar-refractivity contribution in [3.8, 4) is 0 Å². The summed E-state index contributed by atoms with van der Waals surface area (Å²) in [5, 5.41) is 66.1. The molecule has 6 unspecified atom stereocenters. The molecule has 1 aliphatic rings. The number of hydrogen-bond acceptors (Lipinski definition) is 10. The minimum absolute atomic E-state index is 0.0705. The molecule has 40 heavy (non-hydrogen) atoms. The second-order valence-corrected chi connectivity index (χ2v) is 11.0. The van der Waals surface area contributed by atoms with E-state index in [1.807, 2.05) is 0 Å². The van der Waals surface area contributed by atoms with Gasteiger partial charge in [-0.25, -0.2) is 0 Å². The van der Waals surface area contributed by atoms with Gasteiger partial charge in [0.05, 0.1) is 31.5 Å². The predicted molar refractivity (Wildman–Crippen MR) is 154 cm³/mol. The second-order valence-electron chi connectivity index (χ2n) is 11.0. The smallest absolute Gasteiger partial charge is 0.251 e. The fraction of sp³-hybridized carbons (Fsp3) is 0.966. The number of ether oxygens (including phenoxy) is 1. The van der Waals surface area contributed by atoms with Gasteiger partial charge in [-0.1, -0.05) is 103 Å². The monoisotopic (exact) mass is 580 g/mol. The number of carbonyl (C=O) groups is 1. The maximum Gasteiger partial charge on any atom is 0.251 e. The van der Waals surface area contributed by atoms with Crippen LogP contribution < -0.4 is 11.1 Å². The molecule has 11 heteroatoms. The van der Waals surface area contributed by atoms with E-state index in [0.29, 0.717) is 6.54 Å². The van der Waals surface area contributed by atoms with Crippen molar-refractivity contribution in [2.24, 2.45) is 11.7 Å². The zero-order valence-electron chi connectivity index (χ0n) is 24.7. The molecule has 0 spiro atoms. The number of nitrogens with one attached hydrogen (secondary N) is 1. The minimum Gasteiger partial charge on any atom is -0.396 e. The maximum absolute atomic E-state index is 11.9. The van der Waals surface area contributed by atoms with Crippen molar-refractivity contribution < 1.29 is 45.3 Å². The van der Waals surface area contributed by atoms with E-state index in [1.165, 1.54) is 83.5 Å². The van der Waals surface area contributed by atoms with Crippen molar-refractivity contribution in [1.29, 1.82) is 0 Å². The molecule has 0 aromatic heterocycles. The average Bonchev–Trinajstić information content (AvgIpc) is 3.53. The molecule has 0 radical (unpaired) electrons. The van der Waals surface area contributed by atoms with Gasteiger partial charge in [-0.15, -0.1) is 0 Å². The lowest BCUT2D eigenvalue weighted by atomic mass is 10.0. The van der Waals surface area contributed by atoms with Crippen LogP contribution in [0.5, 0.6) is 0 Å². The van der Waals surface area contributed by atoms with Gasteiger partial charge in [-0.2, -0.15) is 0 Å². The quantitative estimate of drug-likeness (QED) is 0.0560. The highest BCUT2D eigenvalue weighted by molar-refractivity contribution is 5.81. The molecule has 0 aromatic carbocycles. The van der Waals surface area contributed by atoms with Crippen molar-refractivity contribution in [1.82, 2.24) is 5.32 Å². The molecule has 0 aliphatic heterocycles. The molecule has 0 saturated heterocycles. The van der Waals surface area contributed by atoms with Crippen LogP contribution in [0.25, 0.3) is 0 Å². The van der Waals surface area contributed by atoms with Gasteiger partial charge in [-0.3, -0.25) is 10.5 Å². The van der Waals surface area contributed by atoms with Crippen LogP contribution in [0.15, 0.2) is 0 Å². The molecule has 1 fully saturated rings. The molecule has 1 saturated carbocycles. The van der Waals surface area contributed by atoms with E-state index in [0.717, 1.165) is 19.3 Å². The molecule has 1 rings (SSSR count). The molecule has 0 bridgehead atoms. The van der Waals surface area contributed by atoms with Crippen LogP contribution in [0.1, 0.15) is 116 Å². The largest absolute Gasteiger partial charge is 0.396 e. The minimum atomic E-state index is -1.72. The van der Waals surface area contributed by atoms with Crippen LogP contribution in [0.3, 0.4) is 0 Å². The molecule has 1 amide bonds. The summed E-state index contributed by atoms with van der Waals surface area (Å²) in [4.78, 5) is 11.9. The maximum atomic E-state index is 11.9. The molecule has 0 aromatic rings. The van der Waals surface area contributed by atoms with Gasteiger partial charge < -0.3 is 45.8 Å². The Bertz CT molecular complexity index is 578. The zero-order valence-corrected chi connectivity index (χ0v) is 24.7. The average molecular weight is 581 g/mol. The Morgan fingerprint density at radius 3 is 1.55 bits per heavy atom. The fourth-order valence-electron chi connectivity index (χ4n) is 4.39. The van der Waals surface area contributed by atoms with Gasteiger partial charge in [-0.05, 0) is 12.8 Å². The predicted octanol–water partition coefficient (Wildman–Crippen LogP) is 1.42. The standard InChI is InChI=1S/C25H52N2O6.C4H8O3/c1-2-3-4-5-6-7-8-9-10-11-12-13-14-15-16-17-19-27-24(31)23(30)22(29)21(28)18-20-33-25(26)32;5-1-2-3(6)4(2)7/h21-23,25,28-30,32H,2-20,26H2,1H3,(H,27,31);2-7H,1H2. The molecule has 240 valence electrons. The van der Waals surface area contributed by atoms with E-state index in [-0.39, 0.29) is 25.6 Å². The third kappa shape index (κ3) is 20.9. The molecule has 11 nitrogen and oxygen atoms in total. The van der Waals surface area contributed by atoms with Gasteiger partial charge in [0.1, 0.15) is 6.10 Å². The lowest BCUT2D eigenvalue weighted by molar-refractivity contribution is -0.144. The first-order chi connectivity index (χ1) is 19.2. The summed E-state index contributed by atoms with van der Waals surface area (Å²) >= 11 is 0. The number of aliphatic hydroxyl groups is 7. The summed E-state index contributed by atoms with van der Waals surface area (Å²) in [6.45, 7) is 2.47. The van der Waals surface area contributed by atoms with Crippen LogP contribution in [0.4, 0.5) is 0 Å². The molecular weight excluding hydrogens is 520 g/mol. The number of rotatable bonds is 25. The summed E-state index contributed by atoms with van der Waals surface area (Å²) in [6, 6.07) is 0. The van der Waals surface area contributed by atoms with Gasteiger partial charge in [0.25, 0.3) is 5.91 Å². The second kappa shape index (κ2) is 25.8. The first kappa shape index (κ1) is 39.1. The third-order valence-electron chi connectivity index (χ3n) is 7.32. The van der Waals surface area contributed by atoms with Crippen LogP contribution >= 0.6 is 0 Å². The van der Waals surface area contributed by atoms with Crippen LogP contribution in [0, 0.1) is 5.92 Å². The number of carbonyl (C=O) groups excluding carboxylic acids is 1. The van der Waals surface area contributed by atoms with Gasteiger partial charge in [0.15, 0.2) is 6.10 Å². The van der Waals surface area contributed by atoms with Crippen LogP contribution in [-0.2, 0) is 9.53 Å².